The molecule has 3 rings (SSSR count). The summed E-state index contributed by atoms with van der Waals surface area (Å²) in [4.78, 5) is 24.4. The zero-order valence-electron chi connectivity index (χ0n) is 13.6. The normalized spacial score (nSPS) is 19.8. The molecule has 0 unspecified atom stereocenters. The second-order valence-electron chi connectivity index (χ2n) is 6.74. The van der Waals surface area contributed by atoms with Gasteiger partial charge in [-0.2, -0.15) is 0 Å². The number of benzene rings is 1. The lowest BCUT2D eigenvalue weighted by atomic mass is 9.45. The van der Waals surface area contributed by atoms with Crippen molar-refractivity contribution >= 4 is 29.2 Å². The number of carbonyl (C=O) groups is 2. The molecule has 24 heavy (non-hydrogen) atoms. The number of amides is 1. The fourth-order valence-electron chi connectivity index (χ4n) is 3.91. The average molecular weight is 354 g/mol. The summed E-state index contributed by atoms with van der Waals surface area (Å²) in [7, 11) is 2.93. The third-order valence-electron chi connectivity index (χ3n) is 5.30. The van der Waals surface area contributed by atoms with Gasteiger partial charge in [-0.05, 0) is 37.2 Å². The number of rotatable bonds is 5. The van der Waals surface area contributed by atoms with Crippen LogP contribution in [0.3, 0.4) is 0 Å². The second kappa shape index (κ2) is 5.84. The van der Waals surface area contributed by atoms with Gasteiger partial charge >= 0.3 is 5.97 Å². The summed E-state index contributed by atoms with van der Waals surface area (Å²) in [5, 5.41) is 12.5. The quantitative estimate of drug-likeness (QED) is 0.793. The molecule has 130 valence electrons. The summed E-state index contributed by atoms with van der Waals surface area (Å²) in [6, 6.07) is 3.09. The predicted molar refractivity (Wildman–Crippen MR) is 88.8 cm³/mol. The van der Waals surface area contributed by atoms with Crippen LogP contribution < -0.4 is 14.8 Å². The fourth-order valence-corrected chi connectivity index (χ4v) is 4.20. The zero-order chi connectivity index (χ0) is 17.5. The summed E-state index contributed by atoms with van der Waals surface area (Å²) < 4.78 is 10.3. The summed E-state index contributed by atoms with van der Waals surface area (Å²) in [6.45, 7) is 0. The Hall–Kier alpha value is -1.95. The van der Waals surface area contributed by atoms with E-state index in [2.05, 4.69) is 5.32 Å². The van der Waals surface area contributed by atoms with Gasteiger partial charge in [0.1, 0.15) is 5.41 Å². The number of methoxy groups -OCH3 is 2. The zero-order valence-corrected chi connectivity index (χ0v) is 14.4. The number of hydrogen-bond acceptors (Lipinski definition) is 4. The fraction of sp³-hybridized carbons (Fsp3) is 0.529. The Bertz CT molecular complexity index is 690. The molecule has 0 aliphatic heterocycles. The van der Waals surface area contributed by atoms with Crippen LogP contribution in [-0.4, -0.2) is 31.2 Å². The average Bonchev–Trinajstić information content (AvgIpc) is 2.43. The number of carboxylic acid groups (broad SMARTS) is 1. The van der Waals surface area contributed by atoms with Crippen LogP contribution in [0.15, 0.2) is 12.1 Å². The molecule has 0 heterocycles. The van der Waals surface area contributed by atoms with Crippen LogP contribution in [0.1, 0.15) is 32.1 Å². The van der Waals surface area contributed by atoms with E-state index in [4.69, 9.17) is 21.1 Å². The van der Waals surface area contributed by atoms with Crippen molar-refractivity contribution < 1.29 is 24.2 Å². The van der Waals surface area contributed by atoms with Gasteiger partial charge in [-0.15, -0.1) is 0 Å². The van der Waals surface area contributed by atoms with Gasteiger partial charge in [-0.3, -0.25) is 9.59 Å². The Kier molecular flexibility index (Phi) is 4.11. The maximum Gasteiger partial charge on any atom is 0.319 e. The van der Waals surface area contributed by atoms with Gasteiger partial charge in [0.15, 0.2) is 11.5 Å². The number of halogens is 1. The van der Waals surface area contributed by atoms with Crippen molar-refractivity contribution in [1.82, 2.24) is 0 Å². The lowest BCUT2D eigenvalue weighted by molar-refractivity contribution is -0.178. The van der Waals surface area contributed by atoms with Gasteiger partial charge in [-0.25, -0.2) is 0 Å². The minimum absolute atomic E-state index is 0.0605. The summed E-state index contributed by atoms with van der Waals surface area (Å²) in [6.07, 6.45) is 3.95. The lowest BCUT2D eigenvalue weighted by Gasteiger charge is -2.58. The highest BCUT2D eigenvalue weighted by Crippen LogP contribution is 2.64. The topological polar surface area (TPSA) is 84.9 Å². The maximum atomic E-state index is 12.6. The monoisotopic (exact) mass is 353 g/mol. The standard InChI is InChI=1S/C17H20ClNO5/c1-23-12-7-10(6-11(18)13(12)24-2)19-14(20)17(15(21)22)8-16(9-17)4-3-5-16/h6-7H,3-5,8-9H2,1-2H3,(H,19,20)(H,21,22). The predicted octanol–water partition coefficient (Wildman–Crippen LogP) is 3.33. The molecule has 1 spiro atoms. The first-order valence-corrected chi connectivity index (χ1v) is 8.20. The van der Waals surface area contributed by atoms with Crippen LogP contribution in [0, 0.1) is 10.8 Å². The van der Waals surface area contributed by atoms with Gasteiger partial charge in [0, 0.05) is 11.8 Å². The third-order valence-corrected chi connectivity index (χ3v) is 5.58. The summed E-state index contributed by atoms with van der Waals surface area (Å²) in [5.74, 6) is -0.837. The molecule has 7 heteroatoms. The number of nitrogens with one attached hydrogen (secondary N) is 1. The molecule has 1 aromatic carbocycles. The summed E-state index contributed by atoms with van der Waals surface area (Å²) in [5.41, 5.74) is -0.900. The minimum Gasteiger partial charge on any atom is -0.493 e. The Balaban J connectivity index is 1.81. The first-order valence-electron chi connectivity index (χ1n) is 7.82. The van der Waals surface area contributed by atoms with E-state index in [1.807, 2.05) is 0 Å². The molecule has 0 aromatic heterocycles. The molecule has 6 nitrogen and oxygen atoms in total. The second-order valence-corrected chi connectivity index (χ2v) is 7.15. The van der Waals surface area contributed by atoms with Gasteiger partial charge in [-0.1, -0.05) is 18.0 Å². The molecular weight excluding hydrogens is 334 g/mol. The number of anilines is 1. The molecule has 0 saturated heterocycles. The molecule has 2 aliphatic rings. The number of aliphatic carboxylic acids is 1. The van der Waals surface area contributed by atoms with Crippen molar-refractivity contribution in [2.75, 3.05) is 19.5 Å². The van der Waals surface area contributed by atoms with E-state index in [1.54, 1.807) is 6.07 Å². The number of carboxylic acids is 1. The van der Waals surface area contributed by atoms with E-state index in [0.29, 0.717) is 30.0 Å². The molecule has 2 saturated carbocycles. The van der Waals surface area contributed by atoms with Gasteiger partial charge in [0.2, 0.25) is 5.91 Å². The van der Waals surface area contributed by atoms with Crippen LogP contribution in [0.4, 0.5) is 5.69 Å². The van der Waals surface area contributed by atoms with Crippen LogP contribution in [-0.2, 0) is 9.59 Å². The highest BCUT2D eigenvalue weighted by atomic mass is 35.5. The van der Waals surface area contributed by atoms with Crippen LogP contribution >= 0.6 is 11.6 Å². The van der Waals surface area contributed by atoms with Crippen molar-refractivity contribution in [3.8, 4) is 11.5 Å². The Morgan fingerprint density at radius 2 is 1.88 bits per heavy atom. The smallest absolute Gasteiger partial charge is 0.319 e. The third kappa shape index (κ3) is 2.49. The van der Waals surface area contributed by atoms with E-state index in [0.717, 1.165) is 19.3 Å². The van der Waals surface area contributed by atoms with Gasteiger partial charge < -0.3 is 19.9 Å². The highest BCUT2D eigenvalue weighted by molar-refractivity contribution is 6.32. The van der Waals surface area contributed by atoms with Gasteiger partial charge in [0.05, 0.1) is 19.2 Å². The highest BCUT2D eigenvalue weighted by Gasteiger charge is 2.65. The van der Waals surface area contributed by atoms with E-state index in [1.165, 1.54) is 20.3 Å². The van der Waals surface area contributed by atoms with Gasteiger partial charge in [0.25, 0.3) is 0 Å². The Labute approximate surface area is 145 Å². The molecule has 0 atom stereocenters. The molecule has 0 bridgehead atoms. The molecule has 2 aliphatic carbocycles. The van der Waals surface area contributed by atoms with Crippen LogP contribution in [0.2, 0.25) is 5.02 Å². The molecule has 1 aromatic rings. The molecular formula is C17H20ClNO5. The molecule has 0 radical (unpaired) electrons. The van der Waals surface area contributed by atoms with Crippen molar-refractivity contribution in [3.05, 3.63) is 17.2 Å². The van der Waals surface area contributed by atoms with Crippen molar-refractivity contribution in [2.45, 2.75) is 32.1 Å². The van der Waals surface area contributed by atoms with E-state index >= 15 is 0 Å². The summed E-state index contributed by atoms with van der Waals surface area (Å²) >= 11 is 6.13. The number of carbonyl (C=O) groups excluding carboxylic acids is 1. The van der Waals surface area contributed by atoms with Crippen LogP contribution in [0.5, 0.6) is 11.5 Å². The first-order chi connectivity index (χ1) is 11.4. The molecule has 2 N–H and O–H groups in total. The Morgan fingerprint density at radius 1 is 1.21 bits per heavy atom. The molecule has 1 amide bonds. The Morgan fingerprint density at radius 3 is 2.33 bits per heavy atom. The number of ether oxygens (including phenoxy) is 2. The van der Waals surface area contributed by atoms with E-state index in [-0.39, 0.29) is 10.4 Å². The van der Waals surface area contributed by atoms with E-state index < -0.39 is 17.3 Å². The number of hydrogen-bond donors (Lipinski definition) is 2. The first kappa shape index (κ1) is 16.9. The SMILES string of the molecule is COc1cc(NC(=O)C2(C(=O)O)CC3(CCC3)C2)cc(Cl)c1OC. The largest absolute Gasteiger partial charge is 0.493 e. The van der Waals surface area contributed by atoms with Crippen molar-refractivity contribution in [2.24, 2.45) is 10.8 Å². The molecule has 2 fully saturated rings. The van der Waals surface area contributed by atoms with Crippen molar-refractivity contribution in [3.63, 3.8) is 0 Å². The lowest BCUT2D eigenvalue weighted by Crippen LogP contribution is -2.59. The van der Waals surface area contributed by atoms with E-state index in [9.17, 15) is 14.7 Å². The van der Waals surface area contributed by atoms with Crippen molar-refractivity contribution in [1.29, 1.82) is 0 Å². The minimum atomic E-state index is -1.35. The van der Waals surface area contributed by atoms with Crippen LogP contribution in [0.25, 0.3) is 0 Å². The maximum absolute atomic E-state index is 12.6.